The van der Waals surface area contributed by atoms with Crippen LogP contribution in [0, 0.1) is 0 Å². The summed E-state index contributed by atoms with van der Waals surface area (Å²) in [6, 6.07) is -0.627. The van der Waals surface area contributed by atoms with E-state index in [-0.39, 0.29) is 18.5 Å². The van der Waals surface area contributed by atoms with Crippen molar-refractivity contribution in [3.63, 3.8) is 0 Å². The Bertz CT molecular complexity index is 1390. The van der Waals surface area contributed by atoms with E-state index in [2.05, 4.69) is 43.5 Å². The second kappa shape index (κ2) is 75.5. The van der Waals surface area contributed by atoms with Crippen LogP contribution in [0.2, 0.25) is 0 Å². The maximum Gasteiger partial charge on any atom is 0.305 e. The molecule has 0 aliphatic heterocycles. The largest absolute Gasteiger partial charge is 0.466 e. The number of hydrogen-bond acceptors (Lipinski definition) is 5. The quantitative estimate of drug-likeness (QED) is 0.0320. The predicted molar refractivity (Wildman–Crippen MR) is 379 cm³/mol. The highest BCUT2D eigenvalue weighted by Gasteiger charge is 2.18. The smallest absolute Gasteiger partial charge is 0.305 e. The zero-order valence-corrected chi connectivity index (χ0v) is 58.3. The Morgan fingerprint density at radius 1 is 0.314 bits per heavy atom. The summed E-state index contributed by atoms with van der Waals surface area (Å²) in [7, 11) is 0. The van der Waals surface area contributed by atoms with E-state index in [0.29, 0.717) is 19.4 Å². The molecule has 3 N–H and O–H groups in total. The lowest BCUT2D eigenvalue weighted by atomic mass is 10.0. The maximum absolute atomic E-state index is 12.5. The van der Waals surface area contributed by atoms with Gasteiger partial charge in [0, 0.05) is 12.8 Å². The first-order chi connectivity index (χ1) is 42.5. The third-order valence-electron chi connectivity index (χ3n) is 18.4. The molecule has 2 unspecified atom stereocenters. The average Bonchev–Trinajstić information content (AvgIpc) is 3.54. The van der Waals surface area contributed by atoms with Crippen LogP contribution in [0.3, 0.4) is 0 Å². The number of ether oxygens (including phenoxy) is 1. The Hall–Kier alpha value is -1.92. The minimum absolute atomic E-state index is 0.0100. The number of carbonyl (C=O) groups is 2. The number of unbranched alkanes of at least 4 members (excludes halogenated alkanes) is 59. The van der Waals surface area contributed by atoms with Gasteiger partial charge in [0.25, 0.3) is 0 Å². The summed E-state index contributed by atoms with van der Waals surface area (Å²) in [6.07, 6.45) is 98.3. The van der Waals surface area contributed by atoms with Crippen molar-refractivity contribution in [1.82, 2.24) is 5.32 Å². The second-order valence-corrected chi connectivity index (χ2v) is 27.0. The zero-order chi connectivity index (χ0) is 62.0. The lowest BCUT2D eigenvalue weighted by molar-refractivity contribution is -0.143. The van der Waals surface area contributed by atoms with E-state index >= 15 is 0 Å². The van der Waals surface area contributed by atoms with E-state index in [4.69, 9.17) is 4.74 Å². The molecule has 0 bridgehead atoms. The summed E-state index contributed by atoms with van der Waals surface area (Å²) >= 11 is 0. The van der Waals surface area contributed by atoms with Crippen molar-refractivity contribution in [2.24, 2.45) is 0 Å². The molecular weight excluding hydrogens is 1050 g/mol. The number of hydrogen-bond donors (Lipinski definition) is 3. The molecular formula is C80H153NO5. The molecule has 0 aliphatic carbocycles. The van der Waals surface area contributed by atoms with Crippen LogP contribution in [0.1, 0.15) is 438 Å². The first kappa shape index (κ1) is 84.1. The second-order valence-electron chi connectivity index (χ2n) is 27.0. The highest BCUT2D eigenvalue weighted by Crippen LogP contribution is 2.19. The monoisotopic (exact) mass is 1210 g/mol. The highest BCUT2D eigenvalue weighted by atomic mass is 16.5. The molecule has 86 heavy (non-hydrogen) atoms. The Morgan fingerprint density at radius 3 is 0.826 bits per heavy atom. The lowest BCUT2D eigenvalue weighted by Crippen LogP contribution is -2.45. The molecule has 0 spiro atoms. The molecule has 0 aliphatic rings. The molecule has 0 saturated heterocycles. The van der Waals surface area contributed by atoms with Gasteiger partial charge in [0.15, 0.2) is 0 Å². The summed E-state index contributed by atoms with van der Waals surface area (Å²) in [6.45, 7) is 4.94. The van der Waals surface area contributed by atoms with Crippen molar-refractivity contribution in [1.29, 1.82) is 0 Å². The normalized spacial score (nSPS) is 12.7. The molecule has 0 heterocycles. The minimum atomic E-state index is -0.844. The van der Waals surface area contributed by atoms with Gasteiger partial charge in [-0.3, -0.25) is 9.59 Å². The van der Waals surface area contributed by atoms with Crippen molar-refractivity contribution in [2.45, 2.75) is 450 Å². The average molecular weight is 1210 g/mol. The van der Waals surface area contributed by atoms with E-state index in [1.807, 2.05) is 6.08 Å². The minimum Gasteiger partial charge on any atom is -0.466 e. The number of esters is 1. The summed E-state index contributed by atoms with van der Waals surface area (Å²) < 4.78 is 5.49. The first-order valence-electron chi connectivity index (χ1n) is 39.3. The third kappa shape index (κ3) is 71.2. The SMILES string of the molecule is CCCCCCC/C=C\CCCCCCCC(=O)OCCCCCCCCCCCCCC/C=C\CCCCCCCCCCCCCCCCCCC(=O)NC(CO)C(O)/C=C/CCCCCCCCCCCCCCCCCCCCCCC. The maximum atomic E-state index is 12.5. The van der Waals surface area contributed by atoms with Crippen LogP contribution in [0.15, 0.2) is 36.5 Å². The molecule has 0 aromatic rings. The van der Waals surface area contributed by atoms with E-state index in [1.165, 1.54) is 366 Å². The number of aliphatic hydroxyl groups excluding tert-OH is 2. The molecule has 0 rings (SSSR count). The molecule has 6 nitrogen and oxygen atoms in total. The van der Waals surface area contributed by atoms with Crippen LogP contribution in [0.4, 0.5) is 0 Å². The Balaban J connectivity index is 3.38. The van der Waals surface area contributed by atoms with Gasteiger partial charge in [-0.1, -0.05) is 378 Å². The van der Waals surface area contributed by atoms with E-state index in [0.717, 1.165) is 44.9 Å². The van der Waals surface area contributed by atoms with Gasteiger partial charge >= 0.3 is 5.97 Å². The van der Waals surface area contributed by atoms with Crippen LogP contribution in [0.25, 0.3) is 0 Å². The fourth-order valence-corrected chi connectivity index (χ4v) is 12.4. The molecule has 0 fully saturated rings. The molecule has 6 heteroatoms. The summed E-state index contributed by atoms with van der Waals surface area (Å²) in [5.41, 5.74) is 0. The summed E-state index contributed by atoms with van der Waals surface area (Å²) in [4.78, 5) is 24.6. The summed E-state index contributed by atoms with van der Waals surface area (Å²) in [5, 5.41) is 23.3. The molecule has 2 atom stereocenters. The van der Waals surface area contributed by atoms with E-state index in [9.17, 15) is 19.8 Å². The Morgan fingerprint density at radius 2 is 0.547 bits per heavy atom. The van der Waals surface area contributed by atoms with E-state index < -0.39 is 12.1 Å². The first-order valence-corrected chi connectivity index (χ1v) is 39.3. The molecule has 0 radical (unpaired) electrons. The van der Waals surface area contributed by atoms with Crippen LogP contribution < -0.4 is 5.32 Å². The summed E-state index contributed by atoms with van der Waals surface area (Å²) in [5.74, 6) is -0.0506. The topological polar surface area (TPSA) is 95.9 Å². The molecule has 0 aromatic heterocycles. The number of carbonyl (C=O) groups excluding carboxylic acids is 2. The highest BCUT2D eigenvalue weighted by molar-refractivity contribution is 5.76. The molecule has 0 saturated carbocycles. The Labute approximate surface area is 538 Å². The number of rotatable bonds is 74. The van der Waals surface area contributed by atoms with Crippen LogP contribution in [-0.2, 0) is 14.3 Å². The van der Waals surface area contributed by atoms with Crippen molar-refractivity contribution >= 4 is 11.9 Å². The van der Waals surface area contributed by atoms with Gasteiger partial charge in [-0.2, -0.15) is 0 Å². The van der Waals surface area contributed by atoms with Gasteiger partial charge in [0.05, 0.1) is 25.4 Å². The lowest BCUT2D eigenvalue weighted by Gasteiger charge is -2.20. The van der Waals surface area contributed by atoms with Crippen molar-refractivity contribution in [3.8, 4) is 0 Å². The van der Waals surface area contributed by atoms with Crippen LogP contribution >= 0.6 is 0 Å². The number of allylic oxidation sites excluding steroid dienone is 5. The van der Waals surface area contributed by atoms with E-state index in [1.54, 1.807) is 6.08 Å². The Kier molecular flexibility index (Phi) is 73.9. The zero-order valence-electron chi connectivity index (χ0n) is 58.3. The van der Waals surface area contributed by atoms with Gasteiger partial charge in [-0.25, -0.2) is 0 Å². The van der Waals surface area contributed by atoms with Crippen LogP contribution in [-0.4, -0.2) is 47.4 Å². The fourth-order valence-electron chi connectivity index (χ4n) is 12.4. The molecule has 0 aromatic carbocycles. The third-order valence-corrected chi connectivity index (χ3v) is 18.4. The van der Waals surface area contributed by atoms with Gasteiger partial charge in [-0.05, 0) is 83.5 Å². The van der Waals surface area contributed by atoms with Crippen molar-refractivity contribution in [3.05, 3.63) is 36.5 Å². The number of aliphatic hydroxyl groups is 2. The van der Waals surface area contributed by atoms with Crippen LogP contribution in [0.5, 0.6) is 0 Å². The predicted octanol–water partition coefficient (Wildman–Crippen LogP) is 25.8. The number of amides is 1. The number of nitrogens with one attached hydrogen (secondary N) is 1. The fraction of sp³-hybridized carbons (Fsp3) is 0.900. The van der Waals surface area contributed by atoms with Gasteiger partial charge < -0.3 is 20.3 Å². The molecule has 508 valence electrons. The van der Waals surface area contributed by atoms with Gasteiger partial charge in [-0.15, -0.1) is 0 Å². The standard InChI is InChI=1S/C80H153NO5/c1-3-5-7-9-11-13-15-17-19-20-21-22-33-36-39-42-45-48-52-56-60-64-68-72-78(83)77(76-82)81-79(84)73-69-65-61-57-53-49-46-43-40-37-34-31-29-27-25-23-24-26-28-30-32-35-38-41-44-47-51-55-59-63-67-71-75-86-80(85)74-70-66-62-58-54-50-18-16-14-12-10-8-6-4-2/h16,18,26,28,68,72,77-78,82-83H,3-15,17,19-25,27,29-67,69-71,73-76H2,1-2H3,(H,81,84)/b18-16-,28-26-,72-68+. The van der Waals surface area contributed by atoms with Crippen molar-refractivity contribution < 1.29 is 24.5 Å². The van der Waals surface area contributed by atoms with Gasteiger partial charge in [0.2, 0.25) is 5.91 Å². The molecule has 1 amide bonds. The van der Waals surface area contributed by atoms with Crippen molar-refractivity contribution in [2.75, 3.05) is 13.2 Å². The van der Waals surface area contributed by atoms with Gasteiger partial charge in [0.1, 0.15) is 0 Å².